The maximum atomic E-state index is 12.8. The molecule has 1 fully saturated rings. The number of nitrogens with zero attached hydrogens (tertiary/aromatic N) is 3. The molecule has 4 rings (SSSR count). The largest absolute Gasteiger partial charge is 0.341 e. The van der Waals surface area contributed by atoms with E-state index in [1.807, 2.05) is 48.5 Å². The normalized spacial score (nSPS) is 16.9. The van der Waals surface area contributed by atoms with Crippen molar-refractivity contribution < 1.29 is 9.59 Å². The van der Waals surface area contributed by atoms with Crippen molar-refractivity contribution in [2.75, 3.05) is 18.5 Å². The van der Waals surface area contributed by atoms with Gasteiger partial charge in [-0.2, -0.15) is 5.10 Å². The first-order chi connectivity index (χ1) is 13.0. The van der Waals surface area contributed by atoms with Gasteiger partial charge in [0.25, 0.3) is 0 Å². The Hall–Kier alpha value is -2.67. The van der Waals surface area contributed by atoms with Gasteiger partial charge >= 0.3 is 0 Å². The van der Waals surface area contributed by atoms with E-state index in [9.17, 15) is 9.59 Å². The fourth-order valence-corrected chi connectivity index (χ4v) is 3.87. The van der Waals surface area contributed by atoms with Gasteiger partial charge in [0.1, 0.15) is 0 Å². The van der Waals surface area contributed by atoms with Gasteiger partial charge in [0.2, 0.25) is 11.8 Å². The summed E-state index contributed by atoms with van der Waals surface area (Å²) in [6.45, 7) is 0.885. The van der Waals surface area contributed by atoms with E-state index in [0.717, 1.165) is 20.9 Å². The maximum absolute atomic E-state index is 12.8. The number of hydrogen-bond acceptors (Lipinski definition) is 3. The van der Waals surface area contributed by atoms with Crippen LogP contribution in [0.25, 0.3) is 10.9 Å². The molecule has 2 amide bonds. The van der Waals surface area contributed by atoms with Gasteiger partial charge in [-0.15, -0.1) is 0 Å². The smallest absolute Gasteiger partial charge is 0.229 e. The molecule has 2 aromatic carbocycles. The van der Waals surface area contributed by atoms with Crippen LogP contribution >= 0.6 is 15.9 Å². The molecule has 3 aromatic rings. The molecular formula is C20H19BrN4O2. The number of hydrogen-bond donors (Lipinski definition) is 1. The highest BCUT2D eigenvalue weighted by Crippen LogP contribution is 2.31. The van der Waals surface area contributed by atoms with E-state index in [4.69, 9.17) is 0 Å². The summed E-state index contributed by atoms with van der Waals surface area (Å²) >= 11 is 3.43. The molecule has 1 aliphatic rings. The number of aromatic nitrogens is 2. The Kier molecular flexibility index (Phi) is 4.70. The Balaban J connectivity index is 1.50. The van der Waals surface area contributed by atoms with Crippen molar-refractivity contribution in [1.29, 1.82) is 0 Å². The molecule has 6 nitrogen and oxygen atoms in total. The summed E-state index contributed by atoms with van der Waals surface area (Å²) in [6, 6.07) is 15.6. The minimum Gasteiger partial charge on any atom is -0.341 e. The first kappa shape index (κ1) is 17.7. The summed E-state index contributed by atoms with van der Waals surface area (Å²) in [7, 11) is 1.78. The minimum absolute atomic E-state index is 0.0164. The second-order valence-corrected chi connectivity index (χ2v) is 7.74. The Morgan fingerprint density at radius 1 is 1.30 bits per heavy atom. The van der Waals surface area contributed by atoms with Crippen molar-refractivity contribution in [3.8, 4) is 0 Å². The zero-order valence-corrected chi connectivity index (χ0v) is 16.4. The van der Waals surface area contributed by atoms with Crippen molar-refractivity contribution in [2.24, 2.45) is 5.92 Å². The number of carbonyl (C=O) groups is 2. The zero-order valence-electron chi connectivity index (χ0n) is 14.9. The van der Waals surface area contributed by atoms with Gasteiger partial charge in [0.15, 0.2) is 5.82 Å². The Labute approximate surface area is 165 Å². The molecule has 1 atom stereocenters. The lowest BCUT2D eigenvalue weighted by molar-refractivity contribution is -0.135. The van der Waals surface area contributed by atoms with Crippen LogP contribution in [0, 0.1) is 5.92 Å². The van der Waals surface area contributed by atoms with E-state index in [1.54, 1.807) is 16.8 Å². The van der Waals surface area contributed by atoms with Crippen LogP contribution in [0.1, 0.15) is 12.0 Å². The number of H-pyrrole nitrogens is 1. The molecule has 1 unspecified atom stereocenters. The number of amides is 2. The summed E-state index contributed by atoms with van der Waals surface area (Å²) in [5, 5.41) is 8.14. The van der Waals surface area contributed by atoms with Gasteiger partial charge in [-0.1, -0.05) is 46.3 Å². The second kappa shape index (κ2) is 7.15. The first-order valence-electron chi connectivity index (χ1n) is 8.76. The number of carbonyl (C=O) groups excluding carboxylic acids is 2. The standard InChI is InChI=1S/C20H19BrN4O2/c1-24(11-13-5-3-2-4-6-13)20(27)14-9-18(26)25(12-14)19-16-8-7-15(21)10-17(16)22-23-19/h2-8,10,14H,9,11-12H2,1H3,(H,22,23). The van der Waals surface area contributed by atoms with Crippen molar-refractivity contribution in [2.45, 2.75) is 13.0 Å². The van der Waals surface area contributed by atoms with E-state index in [-0.39, 0.29) is 24.2 Å². The highest BCUT2D eigenvalue weighted by molar-refractivity contribution is 9.10. The lowest BCUT2D eigenvalue weighted by Gasteiger charge is -2.21. The first-order valence-corrected chi connectivity index (χ1v) is 9.55. The van der Waals surface area contributed by atoms with E-state index >= 15 is 0 Å². The number of aromatic amines is 1. The SMILES string of the molecule is CN(Cc1ccccc1)C(=O)C1CC(=O)N(c2n[nH]c3cc(Br)ccc23)C1. The molecule has 27 heavy (non-hydrogen) atoms. The third-order valence-electron chi connectivity index (χ3n) is 4.87. The fourth-order valence-electron chi connectivity index (χ4n) is 3.51. The molecule has 0 radical (unpaired) electrons. The number of rotatable bonds is 4. The van der Waals surface area contributed by atoms with E-state index in [0.29, 0.717) is 18.9 Å². The summed E-state index contributed by atoms with van der Waals surface area (Å²) in [4.78, 5) is 28.7. The predicted octanol–water partition coefficient (Wildman–Crippen LogP) is 3.34. The van der Waals surface area contributed by atoms with Crippen molar-refractivity contribution in [3.63, 3.8) is 0 Å². The van der Waals surface area contributed by atoms with Crippen LogP contribution in [0.4, 0.5) is 5.82 Å². The summed E-state index contributed by atoms with van der Waals surface area (Å²) in [5.41, 5.74) is 1.92. The number of halogens is 1. The van der Waals surface area contributed by atoms with Gasteiger partial charge in [-0.05, 0) is 23.8 Å². The Morgan fingerprint density at radius 3 is 2.85 bits per heavy atom. The molecule has 1 saturated heterocycles. The Morgan fingerprint density at radius 2 is 2.07 bits per heavy atom. The lowest BCUT2D eigenvalue weighted by atomic mass is 10.1. The molecule has 0 aliphatic carbocycles. The topological polar surface area (TPSA) is 69.3 Å². The van der Waals surface area contributed by atoms with E-state index in [1.165, 1.54) is 0 Å². The second-order valence-electron chi connectivity index (χ2n) is 6.82. The fraction of sp³-hybridized carbons (Fsp3) is 0.250. The molecule has 1 N–H and O–H groups in total. The Bertz CT molecular complexity index is 1000. The van der Waals surface area contributed by atoms with Gasteiger partial charge in [-0.3, -0.25) is 19.6 Å². The number of nitrogens with one attached hydrogen (secondary N) is 1. The van der Waals surface area contributed by atoms with E-state index < -0.39 is 0 Å². The van der Waals surface area contributed by atoms with Crippen molar-refractivity contribution in [1.82, 2.24) is 15.1 Å². The van der Waals surface area contributed by atoms with Gasteiger partial charge in [-0.25, -0.2) is 0 Å². The van der Waals surface area contributed by atoms with Gasteiger partial charge in [0.05, 0.1) is 11.4 Å². The van der Waals surface area contributed by atoms with Gasteiger partial charge in [0, 0.05) is 36.4 Å². The molecule has 1 aliphatic heterocycles. The maximum Gasteiger partial charge on any atom is 0.229 e. The van der Waals surface area contributed by atoms with Crippen molar-refractivity contribution >= 4 is 44.5 Å². The molecular weight excluding hydrogens is 408 g/mol. The average Bonchev–Trinajstić information content (AvgIpc) is 3.24. The molecule has 0 bridgehead atoms. The molecule has 2 heterocycles. The number of benzene rings is 2. The summed E-state index contributed by atoms with van der Waals surface area (Å²) in [6.07, 6.45) is 0.211. The monoisotopic (exact) mass is 426 g/mol. The van der Waals surface area contributed by atoms with Crippen LogP contribution < -0.4 is 4.90 Å². The lowest BCUT2D eigenvalue weighted by Crippen LogP contribution is -2.34. The summed E-state index contributed by atoms with van der Waals surface area (Å²) in [5.74, 6) is 0.145. The highest BCUT2D eigenvalue weighted by atomic mass is 79.9. The average molecular weight is 427 g/mol. The third-order valence-corrected chi connectivity index (χ3v) is 5.37. The third kappa shape index (κ3) is 3.47. The van der Waals surface area contributed by atoms with Crippen LogP contribution in [0.3, 0.4) is 0 Å². The number of fused-ring (bicyclic) bond motifs is 1. The van der Waals surface area contributed by atoms with Crippen LogP contribution in [0.15, 0.2) is 53.0 Å². The van der Waals surface area contributed by atoms with Crippen LogP contribution in [-0.2, 0) is 16.1 Å². The van der Waals surface area contributed by atoms with E-state index in [2.05, 4.69) is 26.1 Å². The molecule has 7 heteroatoms. The quantitative estimate of drug-likeness (QED) is 0.695. The van der Waals surface area contributed by atoms with Crippen LogP contribution in [-0.4, -0.2) is 40.5 Å². The highest BCUT2D eigenvalue weighted by Gasteiger charge is 2.38. The molecule has 138 valence electrons. The van der Waals surface area contributed by atoms with Crippen molar-refractivity contribution in [3.05, 3.63) is 58.6 Å². The minimum atomic E-state index is -0.353. The summed E-state index contributed by atoms with van der Waals surface area (Å²) < 4.78 is 0.938. The zero-order chi connectivity index (χ0) is 19.0. The van der Waals surface area contributed by atoms with Gasteiger partial charge < -0.3 is 4.90 Å². The van der Waals surface area contributed by atoms with Crippen LogP contribution in [0.5, 0.6) is 0 Å². The molecule has 0 spiro atoms. The molecule has 0 saturated carbocycles. The predicted molar refractivity (Wildman–Crippen MR) is 107 cm³/mol. The van der Waals surface area contributed by atoms with Crippen LogP contribution in [0.2, 0.25) is 0 Å². The number of anilines is 1. The molecule has 1 aromatic heterocycles.